The van der Waals surface area contributed by atoms with E-state index < -0.39 is 0 Å². The zero-order chi connectivity index (χ0) is 13.0. The Kier molecular flexibility index (Phi) is 5.15. The van der Waals surface area contributed by atoms with Crippen LogP contribution >= 0.6 is 15.9 Å². The maximum atomic E-state index is 13.8. The predicted molar refractivity (Wildman–Crippen MR) is 74.2 cm³/mol. The number of nitrogens with one attached hydrogen (secondary N) is 1. The summed E-state index contributed by atoms with van der Waals surface area (Å²) in [5.41, 5.74) is 0.767. The minimum Gasteiger partial charge on any atom is -0.381 e. The van der Waals surface area contributed by atoms with Gasteiger partial charge in [0.2, 0.25) is 0 Å². The smallest absolute Gasteiger partial charge is 0.127 e. The normalized spacial score (nSPS) is 21.8. The molecule has 1 N–H and O–H groups in total. The lowest BCUT2D eigenvalue weighted by molar-refractivity contribution is 0.0404. The van der Waals surface area contributed by atoms with Gasteiger partial charge in [0.25, 0.3) is 0 Å². The summed E-state index contributed by atoms with van der Waals surface area (Å²) in [4.78, 5) is 0. The minimum absolute atomic E-state index is 0.138. The number of rotatable bonds is 4. The van der Waals surface area contributed by atoms with Crippen LogP contribution in [0.1, 0.15) is 18.4 Å². The molecule has 2 atom stereocenters. The molecular formula is C14H19BrFNO. The van der Waals surface area contributed by atoms with Crippen molar-refractivity contribution in [3.63, 3.8) is 0 Å². The molecule has 18 heavy (non-hydrogen) atoms. The fraction of sp³-hybridized carbons (Fsp3) is 0.571. The van der Waals surface area contributed by atoms with E-state index in [1.54, 1.807) is 0 Å². The van der Waals surface area contributed by atoms with Crippen LogP contribution in [0.3, 0.4) is 0 Å². The third kappa shape index (κ3) is 3.53. The van der Waals surface area contributed by atoms with E-state index in [-0.39, 0.29) is 11.9 Å². The molecule has 0 aliphatic carbocycles. The van der Waals surface area contributed by atoms with Crippen molar-refractivity contribution in [2.75, 3.05) is 20.3 Å². The predicted octanol–water partition coefficient (Wildman–Crippen LogP) is 3.15. The highest BCUT2D eigenvalue weighted by Gasteiger charge is 2.24. The van der Waals surface area contributed by atoms with Gasteiger partial charge >= 0.3 is 0 Å². The third-order valence-corrected chi connectivity index (χ3v) is 4.08. The van der Waals surface area contributed by atoms with Gasteiger partial charge in [-0.1, -0.05) is 22.0 Å². The molecule has 0 bridgehead atoms. The van der Waals surface area contributed by atoms with Crippen LogP contribution < -0.4 is 5.32 Å². The van der Waals surface area contributed by atoms with Gasteiger partial charge in [-0.25, -0.2) is 4.39 Å². The van der Waals surface area contributed by atoms with Gasteiger partial charge in [0.05, 0.1) is 6.61 Å². The summed E-state index contributed by atoms with van der Waals surface area (Å²) in [6.45, 7) is 1.64. The van der Waals surface area contributed by atoms with Crippen molar-refractivity contribution in [1.29, 1.82) is 0 Å². The summed E-state index contributed by atoms with van der Waals surface area (Å²) in [5, 5.41) is 3.30. The fourth-order valence-corrected chi connectivity index (χ4v) is 2.84. The molecule has 0 spiro atoms. The highest BCUT2D eigenvalue weighted by atomic mass is 79.9. The van der Waals surface area contributed by atoms with Gasteiger partial charge in [-0.05, 0) is 49.9 Å². The number of ether oxygens (including phenoxy) is 1. The molecule has 1 aromatic rings. The zero-order valence-corrected chi connectivity index (χ0v) is 12.2. The third-order valence-electron chi connectivity index (χ3n) is 3.59. The molecule has 1 aliphatic rings. The monoisotopic (exact) mass is 315 g/mol. The van der Waals surface area contributed by atoms with Crippen LogP contribution in [0.5, 0.6) is 0 Å². The Hall–Kier alpha value is -0.450. The maximum absolute atomic E-state index is 13.8. The second-order valence-electron chi connectivity index (χ2n) is 4.81. The first-order chi connectivity index (χ1) is 8.70. The fourth-order valence-electron chi connectivity index (χ4n) is 2.51. The second kappa shape index (κ2) is 6.64. The van der Waals surface area contributed by atoms with E-state index in [0.29, 0.717) is 12.3 Å². The number of hydrogen-bond acceptors (Lipinski definition) is 2. The largest absolute Gasteiger partial charge is 0.381 e. The molecule has 2 unspecified atom stereocenters. The Labute approximate surface area is 116 Å². The van der Waals surface area contributed by atoms with Crippen molar-refractivity contribution in [1.82, 2.24) is 5.32 Å². The number of benzene rings is 1. The molecule has 2 nitrogen and oxygen atoms in total. The molecule has 1 aromatic carbocycles. The lowest BCUT2D eigenvalue weighted by Crippen LogP contribution is -2.40. The van der Waals surface area contributed by atoms with Gasteiger partial charge in [0.1, 0.15) is 5.82 Å². The van der Waals surface area contributed by atoms with Gasteiger partial charge in [0, 0.05) is 17.1 Å². The van der Waals surface area contributed by atoms with E-state index in [4.69, 9.17) is 4.74 Å². The van der Waals surface area contributed by atoms with Crippen LogP contribution in [-0.2, 0) is 11.2 Å². The Morgan fingerprint density at radius 1 is 1.56 bits per heavy atom. The molecule has 2 rings (SSSR count). The summed E-state index contributed by atoms with van der Waals surface area (Å²) < 4.78 is 20.1. The van der Waals surface area contributed by atoms with Gasteiger partial charge in [0.15, 0.2) is 0 Å². The Morgan fingerprint density at radius 2 is 2.39 bits per heavy atom. The first kappa shape index (κ1) is 14.0. The summed E-state index contributed by atoms with van der Waals surface area (Å²) in [5.74, 6) is 0.341. The summed E-state index contributed by atoms with van der Waals surface area (Å²) >= 11 is 3.28. The van der Waals surface area contributed by atoms with Crippen molar-refractivity contribution in [2.24, 2.45) is 5.92 Å². The molecule has 1 fully saturated rings. The van der Waals surface area contributed by atoms with Crippen LogP contribution in [0.25, 0.3) is 0 Å². The Bertz CT molecular complexity index is 393. The standard InChI is InChI=1S/C14H19BrFNO/c1-17-14(11-3-2-6-18-9-11)7-10-4-5-12(15)8-13(10)16/h4-5,8,11,14,17H,2-3,6-7,9H2,1H3. The molecule has 0 amide bonds. The molecular weight excluding hydrogens is 297 g/mol. The minimum atomic E-state index is -0.138. The van der Waals surface area contributed by atoms with Gasteiger partial charge in [-0.15, -0.1) is 0 Å². The molecule has 1 aliphatic heterocycles. The van der Waals surface area contributed by atoms with E-state index >= 15 is 0 Å². The van der Waals surface area contributed by atoms with Crippen LogP contribution in [0.2, 0.25) is 0 Å². The van der Waals surface area contributed by atoms with Crippen molar-refractivity contribution >= 4 is 15.9 Å². The van der Waals surface area contributed by atoms with Crippen LogP contribution in [0, 0.1) is 11.7 Å². The quantitative estimate of drug-likeness (QED) is 0.921. The average Bonchev–Trinajstić information content (AvgIpc) is 2.39. The zero-order valence-electron chi connectivity index (χ0n) is 10.6. The molecule has 1 heterocycles. The molecule has 1 saturated heterocycles. The second-order valence-corrected chi connectivity index (χ2v) is 5.73. The molecule has 4 heteroatoms. The molecule has 0 saturated carbocycles. The number of likely N-dealkylation sites (N-methyl/N-ethyl adjacent to an activating group) is 1. The lowest BCUT2D eigenvalue weighted by atomic mass is 9.89. The SMILES string of the molecule is CNC(Cc1ccc(Br)cc1F)C1CCCOC1. The van der Waals surface area contributed by atoms with Crippen LogP contribution in [-0.4, -0.2) is 26.3 Å². The molecule has 0 radical (unpaired) electrons. The van der Waals surface area contributed by atoms with E-state index in [9.17, 15) is 4.39 Å². The topological polar surface area (TPSA) is 21.3 Å². The van der Waals surface area contributed by atoms with Gasteiger partial charge in [-0.3, -0.25) is 0 Å². The number of halogens is 2. The van der Waals surface area contributed by atoms with Gasteiger partial charge in [-0.2, -0.15) is 0 Å². The lowest BCUT2D eigenvalue weighted by Gasteiger charge is -2.30. The van der Waals surface area contributed by atoms with Crippen molar-refractivity contribution in [3.8, 4) is 0 Å². The van der Waals surface area contributed by atoms with Gasteiger partial charge < -0.3 is 10.1 Å². The maximum Gasteiger partial charge on any atom is 0.127 e. The van der Waals surface area contributed by atoms with E-state index in [1.807, 2.05) is 19.2 Å². The van der Waals surface area contributed by atoms with E-state index in [1.165, 1.54) is 6.07 Å². The van der Waals surface area contributed by atoms with E-state index in [0.717, 1.165) is 36.1 Å². The Balaban J connectivity index is 2.04. The molecule has 100 valence electrons. The first-order valence-corrected chi connectivity index (χ1v) is 7.19. The summed E-state index contributed by atoms with van der Waals surface area (Å²) in [6, 6.07) is 5.55. The van der Waals surface area contributed by atoms with Crippen molar-refractivity contribution in [3.05, 3.63) is 34.1 Å². The highest BCUT2D eigenvalue weighted by molar-refractivity contribution is 9.10. The summed E-state index contributed by atoms with van der Waals surface area (Å²) in [6.07, 6.45) is 2.97. The van der Waals surface area contributed by atoms with Crippen molar-refractivity contribution in [2.45, 2.75) is 25.3 Å². The molecule has 0 aromatic heterocycles. The number of hydrogen-bond donors (Lipinski definition) is 1. The van der Waals surface area contributed by atoms with Crippen LogP contribution in [0.15, 0.2) is 22.7 Å². The Morgan fingerprint density at radius 3 is 3.00 bits per heavy atom. The highest BCUT2D eigenvalue weighted by Crippen LogP contribution is 2.22. The first-order valence-electron chi connectivity index (χ1n) is 6.39. The van der Waals surface area contributed by atoms with Crippen LogP contribution in [0.4, 0.5) is 4.39 Å². The average molecular weight is 316 g/mol. The summed E-state index contributed by atoms with van der Waals surface area (Å²) in [7, 11) is 1.94. The van der Waals surface area contributed by atoms with Crippen molar-refractivity contribution < 1.29 is 9.13 Å². The van der Waals surface area contributed by atoms with E-state index in [2.05, 4.69) is 21.2 Å².